The molecule has 0 spiro atoms. The van der Waals surface area contributed by atoms with Gasteiger partial charge in [-0.05, 0) is 49.9 Å². The highest BCUT2D eigenvalue weighted by Crippen LogP contribution is 2.26. The van der Waals surface area contributed by atoms with Crippen LogP contribution in [0.15, 0.2) is 35.5 Å². The van der Waals surface area contributed by atoms with Gasteiger partial charge in [0.1, 0.15) is 18.7 Å². The van der Waals surface area contributed by atoms with Crippen LogP contribution in [0.2, 0.25) is 0 Å². The highest BCUT2D eigenvalue weighted by molar-refractivity contribution is 7.89. The Morgan fingerprint density at radius 3 is 2.46 bits per heavy atom. The van der Waals surface area contributed by atoms with Crippen LogP contribution in [0, 0.1) is 5.92 Å². The smallest absolute Gasteiger partial charge is 0.243 e. The lowest BCUT2D eigenvalue weighted by molar-refractivity contribution is 0.250. The SMILES string of the molecule is CC(N)C1CCN(S(=O)(=O)c2ccc(OCc3ncnn3C)cc2)CC1. The quantitative estimate of drug-likeness (QED) is 0.807. The van der Waals surface area contributed by atoms with E-state index in [1.54, 1.807) is 40.3 Å². The van der Waals surface area contributed by atoms with Gasteiger partial charge in [0.2, 0.25) is 10.0 Å². The van der Waals surface area contributed by atoms with Crippen LogP contribution in [0.25, 0.3) is 0 Å². The lowest BCUT2D eigenvalue weighted by atomic mass is 9.92. The van der Waals surface area contributed by atoms with E-state index in [9.17, 15) is 8.42 Å². The Balaban J connectivity index is 1.63. The van der Waals surface area contributed by atoms with E-state index in [0.29, 0.717) is 30.6 Å². The van der Waals surface area contributed by atoms with Gasteiger partial charge in [0.15, 0.2) is 5.82 Å². The van der Waals surface area contributed by atoms with Gasteiger partial charge in [-0.2, -0.15) is 9.40 Å². The maximum atomic E-state index is 12.8. The Labute approximate surface area is 154 Å². The predicted molar refractivity (Wildman–Crippen MR) is 96.9 cm³/mol. The number of piperidine rings is 1. The minimum atomic E-state index is -3.48. The van der Waals surface area contributed by atoms with Gasteiger partial charge in [-0.15, -0.1) is 0 Å². The number of sulfonamides is 1. The van der Waals surface area contributed by atoms with Crippen molar-refractivity contribution < 1.29 is 13.2 Å². The lowest BCUT2D eigenvalue weighted by Gasteiger charge is -2.32. The van der Waals surface area contributed by atoms with E-state index in [0.717, 1.165) is 12.8 Å². The minimum Gasteiger partial charge on any atom is -0.486 e. The lowest BCUT2D eigenvalue weighted by Crippen LogP contribution is -2.42. The maximum Gasteiger partial charge on any atom is 0.243 e. The van der Waals surface area contributed by atoms with Crippen molar-refractivity contribution in [1.29, 1.82) is 0 Å². The first-order chi connectivity index (χ1) is 12.4. The van der Waals surface area contributed by atoms with Crippen LogP contribution in [0.3, 0.4) is 0 Å². The van der Waals surface area contributed by atoms with Gasteiger partial charge in [-0.25, -0.2) is 13.4 Å². The first-order valence-electron chi connectivity index (χ1n) is 8.69. The van der Waals surface area contributed by atoms with Crippen LogP contribution in [-0.4, -0.2) is 46.6 Å². The van der Waals surface area contributed by atoms with Crippen LogP contribution in [0.1, 0.15) is 25.6 Å². The Morgan fingerprint density at radius 1 is 1.27 bits per heavy atom. The van der Waals surface area contributed by atoms with Crippen molar-refractivity contribution >= 4 is 10.0 Å². The molecule has 0 amide bonds. The summed E-state index contributed by atoms with van der Waals surface area (Å²) in [6.07, 6.45) is 3.06. The van der Waals surface area contributed by atoms with Crippen molar-refractivity contribution in [1.82, 2.24) is 19.1 Å². The predicted octanol–water partition coefficient (Wildman–Crippen LogP) is 1.14. The number of hydrogen-bond donors (Lipinski definition) is 1. The summed E-state index contributed by atoms with van der Waals surface area (Å²) in [5.74, 6) is 1.67. The van der Waals surface area contributed by atoms with Gasteiger partial charge in [0.05, 0.1) is 4.90 Å². The van der Waals surface area contributed by atoms with Gasteiger partial charge in [-0.1, -0.05) is 0 Å². The number of rotatable bonds is 6. The normalized spacial score (nSPS) is 18.0. The van der Waals surface area contributed by atoms with Gasteiger partial charge < -0.3 is 10.5 Å². The van der Waals surface area contributed by atoms with Crippen molar-refractivity contribution in [2.75, 3.05) is 13.1 Å². The molecule has 0 saturated carbocycles. The molecule has 3 rings (SSSR count). The molecule has 9 heteroatoms. The summed E-state index contributed by atoms with van der Waals surface area (Å²) in [6.45, 7) is 3.28. The van der Waals surface area contributed by atoms with E-state index < -0.39 is 10.0 Å². The van der Waals surface area contributed by atoms with Crippen molar-refractivity contribution in [2.24, 2.45) is 18.7 Å². The molecular weight excluding hydrogens is 354 g/mol. The van der Waals surface area contributed by atoms with E-state index in [2.05, 4.69) is 10.1 Å². The standard InChI is InChI=1S/C17H25N5O3S/c1-13(18)14-7-9-22(10-8-14)26(23,24)16-5-3-15(4-6-16)25-11-17-19-12-20-21(17)2/h3-6,12-14H,7-11,18H2,1-2H3. The third-order valence-electron chi connectivity index (χ3n) is 4.88. The second kappa shape index (κ2) is 7.73. The summed E-state index contributed by atoms with van der Waals surface area (Å²) in [5, 5.41) is 3.98. The second-order valence-corrected chi connectivity index (χ2v) is 8.60. The van der Waals surface area contributed by atoms with Crippen LogP contribution in [-0.2, 0) is 23.7 Å². The van der Waals surface area contributed by atoms with E-state index in [4.69, 9.17) is 10.5 Å². The molecule has 0 aliphatic carbocycles. The van der Waals surface area contributed by atoms with E-state index in [-0.39, 0.29) is 17.5 Å². The molecule has 2 aromatic rings. The molecule has 2 N–H and O–H groups in total. The van der Waals surface area contributed by atoms with E-state index in [1.165, 1.54) is 6.33 Å². The third kappa shape index (κ3) is 4.05. The van der Waals surface area contributed by atoms with Crippen LogP contribution in [0.4, 0.5) is 0 Å². The molecule has 26 heavy (non-hydrogen) atoms. The van der Waals surface area contributed by atoms with Gasteiger partial charge >= 0.3 is 0 Å². The monoisotopic (exact) mass is 379 g/mol. The third-order valence-corrected chi connectivity index (χ3v) is 6.79. The molecule has 0 bridgehead atoms. The molecule has 2 heterocycles. The topological polar surface area (TPSA) is 103 Å². The van der Waals surface area contributed by atoms with Crippen molar-refractivity contribution in [2.45, 2.75) is 37.3 Å². The summed E-state index contributed by atoms with van der Waals surface area (Å²) in [7, 11) is -1.69. The number of benzene rings is 1. The highest BCUT2D eigenvalue weighted by Gasteiger charge is 2.30. The fourth-order valence-corrected chi connectivity index (χ4v) is 4.57. The number of nitrogens with zero attached hydrogens (tertiary/aromatic N) is 4. The van der Waals surface area contributed by atoms with Gasteiger partial charge in [0.25, 0.3) is 0 Å². The average Bonchev–Trinajstić information content (AvgIpc) is 3.05. The van der Waals surface area contributed by atoms with E-state index in [1.807, 2.05) is 6.92 Å². The molecule has 1 fully saturated rings. The van der Waals surface area contributed by atoms with Crippen LogP contribution < -0.4 is 10.5 Å². The molecule has 1 aliphatic heterocycles. The number of aromatic nitrogens is 3. The first-order valence-corrected chi connectivity index (χ1v) is 10.1. The van der Waals surface area contributed by atoms with Gasteiger partial charge in [-0.3, -0.25) is 4.68 Å². The van der Waals surface area contributed by atoms with E-state index >= 15 is 0 Å². The Kier molecular flexibility index (Phi) is 5.59. The fourth-order valence-electron chi connectivity index (χ4n) is 3.10. The molecule has 8 nitrogen and oxygen atoms in total. The average molecular weight is 379 g/mol. The van der Waals surface area contributed by atoms with Crippen LogP contribution in [0.5, 0.6) is 5.75 Å². The summed E-state index contributed by atoms with van der Waals surface area (Å²) in [4.78, 5) is 4.36. The number of hydrogen-bond acceptors (Lipinski definition) is 6. The zero-order valence-corrected chi connectivity index (χ0v) is 15.9. The Morgan fingerprint density at radius 2 is 1.92 bits per heavy atom. The fraction of sp³-hybridized carbons (Fsp3) is 0.529. The number of ether oxygens (including phenoxy) is 1. The van der Waals surface area contributed by atoms with Crippen molar-refractivity contribution in [3.63, 3.8) is 0 Å². The molecule has 1 aliphatic rings. The van der Waals surface area contributed by atoms with Crippen LogP contribution >= 0.6 is 0 Å². The molecule has 1 aromatic heterocycles. The summed E-state index contributed by atoms with van der Waals surface area (Å²) < 4.78 is 34.4. The molecule has 1 atom stereocenters. The summed E-state index contributed by atoms with van der Waals surface area (Å²) in [5.41, 5.74) is 5.93. The summed E-state index contributed by atoms with van der Waals surface area (Å²) in [6, 6.07) is 6.60. The largest absolute Gasteiger partial charge is 0.486 e. The second-order valence-electron chi connectivity index (χ2n) is 6.66. The minimum absolute atomic E-state index is 0.102. The molecule has 0 radical (unpaired) electrons. The zero-order valence-electron chi connectivity index (χ0n) is 15.1. The zero-order chi connectivity index (χ0) is 18.7. The van der Waals surface area contributed by atoms with Crippen molar-refractivity contribution in [3.05, 3.63) is 36.4 Å². The van der Waals surface area contributed by atoms with Crippen molar-refractivity contribution in [3.8, 4) is 5.75 Å². The molecule has 1 unspecified atom stereocenters. The van der Waals surface area contributed by atoms with Gasteiger partial charge in [0, 0.05) is 26.2 Å². The molecule has 1 saturated heterocycles. The maximum absolute atomic E-state index is 12.8. The Hall–Kier alpha value is -1.97. The Bertz CT molecular complexity index is 824. The first kappa shape index (κ1) is 18.8. The summed E-state index contributed by atoms with van der Waals surface area (Å²) >= 11 is 0. The molecule has 1 aromatic carbocycles. The number of nitrogens with two attached hydrogens (primary N) is 1. The molecule has 142 valence electrons. The molecular formula is C17H25N5O3S. The number of aryl methyl sites for hydroxylation is 1. The highest BCUT2D eigenvalue weighted by atomic mass is 32.2.